The molecule has 2 aromatic heterocycles. The van der Waals surface area contributed by atoms with E-state index in [1.165, 1.54) is 27.1 Å². The van der Waals surface area contributed by atoms with Gasteiger partial charge in [0.25, 0.3) is 0 Å². The standard InChI is InChI=1S/C56H35NO2/c1-3-11-36(12-4-1)42-27-31-47-48-19-10-20-52(56(48)59-54(47)34-42)57(44-30-32-53-51(35-44)49-18-9-17-46(55(49)58-53)38-13-5-2-6-14-38)43-28-25-37(26-29-43)41-24-23-40-22-21-39-15-7-8-16-45(39)50(40)33-41/h1-35H. The van der Waals surface area contributed by atoms with Crippen LogP contribution in [0.25, 0.3) is 98.8 Å². The lowest BCUT2D eigenvalue weighted by molar-refractivity contribution is 0.669. The number of hydrogen-bond acceptors (Lipinski definition) is 3. The molecule has 10 aromatic carbocycles. The molecule has 0 spiro atoms. The molecule has 0 aliphatic carbocycles. The van der Waals surface area contributed by atoms with E-state index in [0.717, 1.165) is 88.8 Å². The Labute approximate surface area is 340 Å². The molecule has 3 heteroatoms. The molecule has 2 heterocycles. The van der Waals surface area contributed by atoms with Crippen LogP contribution in [-0.4, -0.2) is 0 Å². The second-order valence-corrected chi connectivity index (χ2v) is 15.3. The highest BCUT2D eigenvalue weighted by Gasteiger charge is 2.22. The summed E-state index contributed by atoms with van der Waals surface area (Å²) in [6.45, 7) is 0. The van der Waals surface area contributed by atoms with Crippen molar-refractivity contribution in [3.8, 4) is 33.4 Å². The van der Waals surface area contributed by atoms with Crippen LogP contribution in [0.3, 0.4) is 0 Å². The van der Waals surface area contributed by atoms with Crippen LogP contribution in [0.4, 0.5) is 17.1 Å². The van der Waals surface area contributed by atoms with Gasteiger partial charge in [0.05, 0.1) is 5.69 Å². The van der Waals surface area contributed by atoms with Crippen LogP contribution in [0.15, 0.2) is 221 Å². The van der Waals surface area contributed by atoms with Gasteiger partial charge < -0.3 is 13.7 Å². The SMILES string of the molecule is c1ccc(-c2ccc3c(c2)oc2c(N(c4ccc(-c5ccc6ccc7ccccc7c6c5)cc4)c4ccc5oc6c(-c7ccccc7)cccc6c5c4)cccc23)cc1. The Balaban J connectivity index is 1.03. The highest BCUT2D eigenvalue weighted by molar-refractivity contribution is 6.13. The van der Waals surface area contributed by atoms with Gasteiger partial charge >= 0.3 is 0 Å². The third kappa shape index (κ3) is 5.51. The van der Waals surface area contributed by atoms with E-state index >= 15 is 0 Å². The minimum absolute atomic E-state index is 0.835. The molecule has 0 aliphatic rings. The lowest BCUT2D eigenvalue weighted by Crippen LogP contribution is -2.10. The largest absolute Gasteiger partial charge is 0.455 e. The average molecular weight is 754 g/mol. The van der Waals surface area contributed by atoms with Crippen LogP contribution >= 0.6 is 0 Å². The predicted molar refractivity (Wildman–Crippen MR) is 247 cm³/mol. The van der Waals surface area contributed by atoms with Gasteiger partial charge in [-0.25, -0.2) is 0 Å². The quantitative estimate of drug-likeness (QED) is 0.158. The summed E-state index contributed by atoms with van der Waals surface area (Å²) in [6, 6.07) is 75.6. The van der Waals surface area contributed by atoms with Crippen molar-refractivity contribution < 1.29 is 8.83 Å². The summed E-state index contributed by atoms with van der Waals surface area (Å²) in [5.41, 5.74) is 13.3. The molecule has 0 amide bonds. The predicted octanol–water partition coefficient (Wildman–Crippen LogP) is 16.3. The zero-order chi connectivity index (χ0) is 38.9. The highest BCUT2D eigenvalue weighted by atomic mass is 16.3. The molecule has 0 saturated carbocycles. The topological polar surface area (TPSA) is 29.5 Å². The van der Waals surface area contributed by atoms with Gasteiger partial charge in [-0.3, -0.25) is 0 Å². The molecule has 0 bridgehead atoms. The summed E-state index contributed by atoms with van der Waals surface area (Å²) < 4.78 is 13.5. The molecule has 12 aromatic rings. The summed E-state index contributed by atoms with van der Waals surface area (Å²) in [6.07, 6.45) is 0. The van der Waals surface area contributed by atoms with Crippen LogP contribution in [0.1, 0.15) is 0 Å². The third-order valence-electron chi connectivity index (χ3n) is 11.9. The number of anilines is 3. The fraction of sp³-hybridized carbons (Fsp3) is 0. The molecular weight excluding hydrogens is 719 g/mol. The maximum Gasteiger partial charge on any atom is 0.159 e. The van der Waals surface area contributed by atoms with Crippen LogP contribution in [0.2, 0.25) is 0 Å². The van der Waals surface area contributed by atoms with E-state index in [0.29, 0.717) is 0 Å². The van der Waals surface area contributed by atoms with E-state index in [2.05, 4.69) is 205 Å². The van der Waals surface area contributed by atoms with Crippen molar-refractivity contribution >= 4 is 82.5 Å². The summed E-state index contributed by atoms with van der Waals surface area (Å²) in [7, 11) is 0. The molecule has 12 rings (SSSR count). The molecular formula is C56H35NO2. The molecule has 59 heavy (non-hydrogen) atoms. The number of nitrogens with zero attached hydrogens (tertiary/aromatic N) is 1. The van der Waals surface area contributed by atoms with Crippen LogP contribution in [-0.2, 0) is 0 Å². The minimum Gasteiger partial charge on any atom is -0.455 e. The summed E-state index contributed by atoms with van der Waals surface area (Å²) >= 11 is 0. The summed E-state index contributed by atoms with van der Waals surface area (Å²) in [5, 5.41) is 9.31. The Hall–Kier alpha value is -7.88. The molecule has 0 atom stereocenters. The first kappa shape index (κ1) is 33.3. The number of para-hydroxylation sites is 2. The van der Waals surface area contributed by atoms with Gasteiger partial charge in [-0.05, 0) is 104 Å². The van der Waals surface area contributed by atoms with Crippen LogP contribution < -0.4 is 4.90 Å². The lowest BCUT2D eigenvalue weighted by Gasteiger charge is -2.26. The third-order valence-corrected chi connectivity index (χ3v) is 11.9. The van der Waals surface area contributed by atoms with E-state index in [1.807, 2.05) is 12.1 Å². The van der Waals surface area contributed by atoms with Crippen molar-refractivity contribution in [3.05, 3.63) is 212 Å². The Kier molecular flexibility index (Phi) is 7.54. The normalized spacial score (nSPS) is 11.7. The lowest BCUT2D eigenvalue weighted by atomic mass is 9.97. The Morgan fingerprint density at radius 1 is 0.288 bits per heavy atom. The average Bonchev–Trinajstić information content (AvgIpc) is 3.88. The van der Waals surface area contributed by atoms with Gasteiger partial charge in [-0.15, -0.1) is 0 Å². The van der Waals surface area contributed by atoms with E-state index < -0.39 is 0 Å². The second kappa shape index (κ2) is 13.4. The van der Waals surface area contributed by atoms with Gasteiger partial charge in [-0.1, -0.05) is 158 Å². The van der Waals surface area contributed by atoms with Crippen molar-refractivity contribution in [1.29, 1.82) is 0 Å². The monoisotopic (exact) mass is 753 g/mol. The summed E-state index contributed by atoms with van der Waals surface area (Å²) in [5.74, 6) is 0. The Morgan fingerprint density at radius 3 is 1.71 bits per heavy atom. The molecule has 276 valence electrons. The highest BCUT2D eigenvalue weighted by Crippen LogP contribution is 2.45. The van der Waals surface area contributed by atoms with Gasteiger partial charge in [0.2, 0.25) is 0 Å². The molecule has 0 radical (unpaired) electrons. The first-order chi connectivity index (χ1) is 29.2. The van der Waals surface area contributed by atoms with Gasteiger partial charge in [0, 0.05) is 38.5 Å². The first-order valence-corrected chi connectivity index (χ1v) is 20.1. The molecule has 0 aliphatic heterocycles. The van der Waals surface area contributed by atoms with Crippen LogP contribution in [0, 0.1) is 0 Å². The van der Waals surface area contributed by atoms with E-state index in [4.69, 9.17) is 8.83 Å². The number of furan rings is 2. The van der Waals surface area contributed by atoms with Crippen molar-refractivity contribution in [1.82, 2.24) is 0 Å². The fourth-order valence-electron chi connectivity index (χ4n) is 8.95. The Bertz CT molecular complexity index is 3540. The second-order valence-electron chi connectivity index (χ2n) is 15.3. The number of benzene rings is 10. The zero-order valence-electron chi connectivity index (χ0n) is 32.0. The first-order valence-electron chi connectivity index (χ1n) is 20.1. The minimum atomic E-state index is 0.835. The van der Waals surface area contributed by atoms with E-state index in [-0.39, 0.29) is 0 Å². The number of rotatable bonds is 6. The summed E-state index contributed by atoms with van der Waals surface area (Å²) in [4.78, 5) is 2.32. The molecule has 0 N–H and O–H groups in total. The van der Waals surface area contributed by atoms with Crippen molar-refractivity contribution in [3.63, 3.8) is 0 Å². The fourth-order valence-corrected chi connectivity index (χ4v) is 8.95. The maximum absolute atomic E-state index is 6.89. The van der Waals surface area contributed by atoms with Gasteiger partial charge in [0.1, 0.15) is 16.7 Å². The zero-order valence-corrected chi connectivity index (χ0v) is 32.0. The molecule has 0 fully saturated rings. The molecule has 3 nitrogen and oxygen atoms in total. The number of hydrogen-bond donors (Lipinski definition) is 0. The van der Waals surface area contributed by atoms with Gasteiger partial charge in [0.15, 0.2) is 5.58 Å². The van der Waals surface area contributed by atoms with Crippen molar-refractivity contribution in [2.75, 3.05) is 4.90 Å². The van der Waals surface area contributed by atoms with E-state index in [1.54, 1.807) is 0 Å². The van der Waals surface area contributed by atoms with Crippen molar-refractivity contribution in [2.24, 2.45) is 0 Å². The van der Waals surface area contributed by atoms with Crippen LogP contribution in [0.5, 0.6) is 0 Å². The smallest absolute Gasteiger partial charge is 0.159 e. The maximum atomic E-state index is 6.89. The van der Waals surface area contributed by atoms with E-state index in [9.17, 15) is 0 Å². The Morgan fingerprint density at radius 2 is 0.881 bits per heavy atom. The molecule has 0 saturated heterocycles. The number of fused-ring (bicyclic) bond motifs is 9. The van der Waals surface area contributed by atoms with Crippen molar-refractivity contribution in [2.45, 2.75) is 0 Å². The van der Waals surface area contributed by atoms with Gasteiger partial charge in [-0.2, -0.15) is 0 Å². The molecule has 0 unspecified atom stereocenters.